The van der Waals surface area contributed by atoms with Crippen LogP contribution in [0.4, 0.5) is 17.1 Å². The van der Waals surface area contributed by atoms with Gasteiger partial charge in [0.15, 0.2) is 0 Å². The molecule has 4 heteroatoms. The molecule has 11 aromatic rings. The van der Waals surface area contributed by atoms with Crippen LogP contribution >= 0.6 is 11.3 Å². The highest BCUT2D eigenvalue weighted by Gasteiger charge is 2.19. The van der Waals surface area contributed by atoms with Crippen LogP contribution in [-0.4, -0.2) is 4.57 Å². The Kier molecular flexibility index (Phi) is 6.42. The third-order valence-electron chi connectivity index (χ3n) is 10.4. The molecule has 244 valence electrons. The van der Waals surface area contributed by atoms with Gasteiger partial charge in [0, 0.05) is 70.0 Å². The molecule has 0 radical (unpaired) electrons. The molecule has 3 nitrogen and oxygen atoms in total. The maximum atomic E-state index is 6.40. The second-order valence-corrected chi connectivity index (χ2v) is 14.4. The summed E-state index contributed by atoms with van der Waals surface area (Å²) in [6.45, 7) is 0. The molecule has 0 aliphatic rings. The summed E-state index contributed by atoms with van der Waals surface area (Å²) in [7, 11) is 0. The van der Waals surface area contributed by atoms with Crippen molar-refractivity contribution in [3.8, 4) is 16.8 Å². The predicted molar refractivity (Wildman–Crippen MR) is 221 cm³/mol. The number of fused-ring (bicyclic) bond motifs is 9. The van der Waals surface area contributed by atoms with Crippen molar-refractivity contribution in [2.45, 2.75) is 0 Å². The number of furan rings is 1. The zero-order chi connectivity index (χ0) is 34.2. The van der Waals surface area contributed by atoms with Crippen LogP contribution in [0.15, 0.2) is 186 Å². The number of hydrogen-bond acceptors (Lipinski definition) is 3. The fraction of sp³-hybridized carbons (Fsp3) is 0. The van der Waals surface area contributed by atoms with Gasteiger partial charge in [0.05, 0.1) is 11.0 Å². The van der Waals surface area contributed by atoms with Crippen molar-refractivity contribution in [3.05, 3.63) is 182 Å². The van der Waals surface area contributed by atoms with Crippen LogP contribution in [0, 0.1) is 0 Å². The zero-order valence-corrected chi connectivity index (χ0v) is 28.8. The van der Waals surface area contributed by atoms with Gasteiger partial charge in [-0.05, 0) is 78.4 Å². The molecular weight excluding hydrogens is 653 g/mol. The SMILES string of the molecule is c1ccc(N(c2ccc(-c3cccc4c3oc3ccccc34)cc2)c2ccc3c4ccccc4n(-c4ccc5sc6ccccc6c5c4)c3c2)cc1. The lowest BCUT2D eigenvalue weighted by Crippen LogP contribution is -2.10. The summed E-state index contributed by atoms with van der Waals surface area (Å²) < 4.78 is 11.5. The van der Waals surface area contributed by atoms with Gasteiger partial charge < -0.3 is 13.9 Å². The first-order chi connectivity index (χ1) is 25.8. The quantitative estimate of drug-likeness (QED) is 0.180. The van der Waals surface area contributed by atoms with Crippen molar-refractivity contribution in [1.29, 1.82) is 0 Å². The number of nitrogens with zero attached hydrogens (tertiary/aromatic N) is 2. The largest absolute Gasteiger partial charge is 0.455 e. The number of anilines is 3. The van der Waals surface area contributed by atoms with Crippen molar-refractivity contribution in [2.75, 3.05) is 4.90 Å². The fourth-order valence-corrected chi connectivity index (χ4v) is 9.10. The van der Waals surface area contributed by atoms with Crippen molar-refractivity contribution in [3.63, 3.8) is 0 Å². The van der Waals surface area contributed by atoms with Gasteiger partial charge in [0.1, 0.15) is 11.2 Å². The topological polar surface area (TPSA) is 21.3 Å². The van der Waals surface area contributed by atoms with E-state index in [1.165, 1.54) is 42.0 Å². The van der Waals surface area contributed by atoms with Crippen molar-refractivity contribution < 1.29 is 4.42 Å². The van der Waals surface area contributed by atoms with E-state index in [9.17, 15) is 0 Å². The fourth-order valence-electron chi connectivity index (χ4n) is 8.02. The zero-order valence-electron chi connectivity index (χ0n) is 28.0. The molecule has 52 heavy (non-hydrogen) atoms. The lowest BCUT2D eigenvalue weighted by molar-refractivity contribution is 0.670. The number of rotatable bonds is 5. The summed E-state index contributed by atoms with van der Waals surface area (Å²) >= 11 is 1.86. The van der Waals surface area contributed by atoms with Gasteiger partial charge in [0.2, 0.25) is 0 Å². The summed E-state index contributed by atoms with van der Waals surface area (Å²) in [5, 5.41) is 7.36. The highest BCUT2D eigenvalue weighted by atomic mass is 32.1. The Bertz CT molecular complexity index is 3130. The molecule has 0 amide bonds. The van der Waals surface area contributed by atoms with Crippen LogP contribution in [0.5, 0.6) is 0 Å². The lowest BCUT2D eigenvalue weighted by atomic mass is 10.0. The molecule has 0 saturated carbocycles. The first-order valence-electron chi connectivity index (χ1n) is 17.6. The Balaban J connectivity index is 1.08. The van der Waals surface area contributed by atoms with Crippen LogP contribution in [0.25, 0.3) is 80.7 Å². The Labute approximate surface area is 303 Å². The Morgan fingerprint density at radius 3 is 1.98 bits per heavy atom. The molecule has 8 aromatic carbocycles. The van der Waals surface area contributed by atoms with Gasteiger partial charge in [-0.25, -0.2) is 0 Å². The molecule has 0 fully saturated rings. The van der Waals surface area contributed by atoms with E-state index in [0.717, 1.165) is 55.8 Å². The van der Waals surface area contributed by atoms with Crippen LogP contribution in [-0.2, 0) is 0 Å². The van der Waals surface area contributed by atoms with Crippen molar-refractivity contribution >= 4 is 92.3 Å². The van der Waals surface area contributed by atoms with Gasteiger partial charge in [-0.3, -0.25) is 0 Å². The molecule has 3 heterocycles. The van der Waals surface area contributed by atoms with Crippen LogP contribution in [0.2, 0.25) is 0 Å². The molecule has 0 aliphatic heterocycles. The molecule has 0 bridgehead atoms. The van der Waals surface area contributed by atoms with E-state index in [1.54, 1.807) is 0 Å². The van der Waals surface area contributed by atoms with Crippen LogP contribution in [0.1, 0.15) is 0 Å². The summed E-state index contributed by atoms with van der Waals surface area (Å²) in [6, 6.07) is 65.5. The smallest absolute Gasteiger partial charge is 0.143 e. The van der Waals surface area contributed by atoms with Gasteiger partial charge in [-0.2, -0.15) is 0 Å². The second kappa shape index (κ2) is 11.5. The van der Waals surface area contributed by atoms with E-state index in [1.807, 2.05) is 23.5 Å². The van der Waals surface area contributed by atoms with Gasteiger partial charge in [-0.15, -0.1) is 11.3 Å². The molecular formula is C48H30N2OS. The highest BCUT2D eigenvalue weighted by molar-refractivity contribution is 7.25. The Morgan fingerprint density at radius 2 is 1.10 bits per heavy atom. The number of benzene rings is 8. The lowest BCUT2D eigenvalue weighted by Gasteiger charge is -2.26. The first-order valence-corrected chi connectivity index (χ1v) is 18.4. The maximum Gasteiger partial charge on any atom is 0.143 e. The standard InChI is InChI=1S/C48H30N2OS/c1-2-11-32(12-3-1)49(33-23-21-31(22-24-33)36-16-10-17-41-39-14-5-8-19-45(39)51-48(36)41)35-25-27-38-37-13-4-7-18-43(37)50(44(38)30-35)34-26-28-47-42(29-34)40-15-6-9-20-46(40)52-47/h1-30H. The van der Waals surface area contributed by atoms with E-state index < -0.39 is 0 Å². The van der Waals surface area contributed by atoms with Crippen molar-refractivity contribution in [2.24, 2.45) is 0 Å². The summed E-state index contributed by atoms with van der Waals surface area (Å²) in [6.07, 6.45) is 0. The molecule has 0 atom stereocenters. The maximum absolute atomic E-state index is 6.40. The van der Waals surface area contributed by atoms with Gasteiger partial charge in [-0.1, -0.05) is 109 Å². The summed E-state index contributed by atoms with van der Waals surface area (Å²) in [5.41, 5.74) is 10.8. The number of thiophene rings is 1. The summed E-state index contributed by atoms with van der Waals surface area (Å²) in [4.78, 5) is 2.35. The molecule has 0 spiro atoms. The van der Waals surface area contributed by atoms with E-state index >= 15 is 0 Å². The highest BCUT2D eigenvalue weighted by Crippen LogP contribution is 2.42. The normalized spacial score (nSPS) is 11.8. The average Bonchev–Trinajstić information content (AvgIpc) is 3.88. The molecule has 11 rings (SSSR count). The minimum absolute atomic E-state index is 0.910. The monoisotopic (exact) mass is 682 g/mol. The average molecular weight is 683 g/mol. The minimum atomic E-state index is 0.910. The molecule has 0 aliphatic carbocycles. The first kappa shape index (κ1) is 29.1. The van der Waals surface area contributed by atoms with Crippen LogP contribution < -0.4 is 4.90 Å². The number of hydrogen-bond donors (Lipinski definition) is 0. The molecule has 0 unspecified atom stereocenters. The third-order valence-corrected chi connectivity index (χ3v) is 11.5. The Hall–Kier alpha value is -6.62. The van der Waals surface area contributed by atoms with Gasteiger partial charge >= 0.3 is 0 Å². The second-order valence-electron chi connectivity index (χ2n) is 13.3. The van der Waals surface area contributed by atoms with E-state index in [2.05, 4.69) is 179 Å². The van der Waals surface area contributed by atoms with Gasteiger partial charge in [0.25, 0.3) is 0 Å². The third kappa shape index (κ3) is 4.45. The van der Waals surface area contributed by atoms with Crippen LogP contribution in [0.3, 0.4) is 0 Å². The molecule has 3 aromatic heterocycles. The Morgan fingerprint density at radius 1 is 0.423 bits per heavy atom. The van der Waals surface area contributed by atoms with Crippen molar-refractivity contribution in [1.82, 2.24) is 4.57 Å². The van der Waals surface area contributed by atoms with E-state index in [-0.39, 0.29) is 0 Å². The number of para-hydroxylation sites is 4. The molecule has 0 N–H and O–H groups in total. The van der Waals surface area contributed by atoms with E-state index in [4.69, 9.17) is 4.42 Å². The number of aromatic nitrogens is 1. The van der Waals surface area contributed by atoms with E-state index in [0.29, 0.717) is 0 Å². The predicted octanol–water partition coefficient (Wildman–Crippen LogP) is 14.2. The minimum Gasteiger partial charge on any atom is -0.455 e. The molecule has 0 saturated heterocycles. The summed E-state index contributed by atoms with van der Waals surface area (Å²) in [5.74, 6) is 0.